The minimum absolute atomic E-state index is 0.151. The van der Waals surface area contributed by atoms with E-state index in [2.05, 4.69) is 17.6 Å². The van der Waals surface area contributed by atoms with Gasteiger partial charge in [-0.1, -0.05) is 6.42 Å². The quantitative estimate of drug-likeness (QED) is 0.280. The summed E-state index contributed by atoms with van der Waals surface area (Å²) < 4.78 is 29.7. The average Bonchev–Trinajstić information content (AvgIpc) is 3.03. The third-order valence-corrected chi connectivity index (χ3v) is 7.97. The van der Waals surface area contributed by atoms with Gasteiger partial charge in [0.1, 0.15) is 11.5 Å². The van der Waals surface area contributed by atoms with Gasteiger partial charge in [-0.3, -0.25) is 0 Å². The highest BCUT2D eigenvalue weighted by Gasteiger charge is 2.35. The summed E-state index contributed by atoms with van der Waals surface area (Å²) in [5, 5.41) is 0.958. The summed E-state index contributed by atoms with van der Waals surface area (Å²) in [4.78, 5) is 18.3. The second-order valence-corrected chi connectivity index (χ2v) is 11.6. The molecule has 6 heteroatoms. The van der Waals surface area contributed by atoms with E-state index in [0.717, 1.165) is 96.8 Å². The molecule has 0 spiro atoms. The lowest BCUT2D eigenvalue weighted by Crippen LogP contribution is -2.29. The summed E-state index contributed by atoms with van der Waals surface area (Å²) in [6, 6.07) is 3.90. The lowest BCUT2D eigenvalue weighted by atomic mass is 9.85. The zero-order valence-electron chi connectivity index (χ0n) is 23.1. The number of carbonyl (C=O) groups excluding carboxylic acids is 1. The Hall–Kier alpha value is -2.73. The number of halogens is 1. The van der Waals surface area contributed by atoms with E-state index >= 15 is 4.39 Å². The van der Waals surface area contributed by atoms with Crippen LogP contribution < -0.4 is 0 Å². The zero-order chi connectivity index (χ0) is 26.5. The van der Waals surface area contributed by atoms with Gasteiger partial charge in [0.25, 0.3) is 0 Å². The molecule has 0 amide bonds. The molecule has 0 saturated heterocycles. The van der Waals surface area contributed by atoms with Crippen LogP contribution in [0.25, 0.3) is 22.2 Å². The number of carbonyl (C=O) groups is 1. The zero-order valence-corrected chi connectivity index (χ0v) is 23.1. The maximum atomic E-state index is 15.8. The first-order valence-corrected chi connectivity index (χ1v) is 13.7. The Morgan fingerprint density at radius 3 is 2.43 bits per heavy atom. The maximum Gasteiger partial charge on any atom is 0.339 e. The molecule has 1 atom stereocenters. The van der Waals surface area contributed by atoms with Crippen LogP contribution >= 0.6 is 0 Å². The van der Waals surface area contributed by atoms with Crippen molar-refractivity contribution >= 4 is 17.0 Å². The predicted octanol–water partition coefficient (Wildman–Crippen LogP) is 7.09. The molecule has 0 unspecified atom stereocenters. The SMILES string of the molecule is COC(=O)[C@@H](OC(C)(C)C)c1c(C)nc2c(cc3n2CCCC3)c1-c1cc(F)c2c(c1C)CCCCC2. The summed E-state index contributed by atoms with van der Waals surface area (Å²) >= 11 is 0. The van der Waals surface area contributed by atoms with Crippen molar-refractivity contribution in [1.82, 2.24) is 9.55 Å². The van der Waals surface area contributed by atoms with Gasteiger partial charge in [0.15, 0.2) is 6.10 Å². The normalized spacial score (nSPS) is 16.7. The standard InChI is InChI=1S/C31H39FN2O3/c1-18-21-13-8-7-9-14-22(21)25(32)17-23(18)27-24-16-20-12-10-11-15-34(20)29(24)33-19(2)26(27)28(30(35)36-6)37-31(3,4)5/h16-17,28H,7-15H2,1-6H3/t28-/m0/s1. The van der Waals surface area contributed by atoms with Crippen molar-refractivity contribution in [2.45, 2.75) is 104 Å². The van der Waals surface area contributed by atoms with Crippen molar-refractivity contribution in [3.8, 4) is 11.1 Å². The van der Waals surface area contributed by atoms with Crippen LogP contribution in [-0.2, 0) is 40.1 Å². The molecule has 0 N–H and O–H groups in total. The summed E-state index contributed by atoms with van der Waals surface area (Å²) in [7, 11) is 1.38. The number of pyridine rings is 1. The molecule has 0 radical (unpaired) electrons. The van der Waals surface area contributed by atoms with Crippen LogP contribution in [0.15, 0.2) is 12.1 Å². The van der Waals surface area contributed by atoms with E-state index in [1.165, 1.54) is 12.8 Å². The molecule has 5 nitrogen and oxygen atoms in total. The highest BCUT2D eigenvalue weighted by atomic mass is 19.1. The number of hydrogen-bond donors (Lipinski definition) is 0. The Kier molecular flexibility index (Phi) is 6.90. The van der Waals surface area contributed by atoms with Crippen LogP contribution in [0.1, 0.15) is 92.6 Å². The van der Waals surface area contributed by atoms with Crippen LogP contribution in [0, 0.1) is 19.7 Å². The van der Waals surface area contributed by atoms with Crippen LogP contribution in [-0.4, -0.2) is 28.2 Å². The second kappa shape index (κ2) is 9.86. The minimum atomic E-state index is -0.977. The van der Waals surface area contributed by atoms with Gasteiger partial charge in [0.05, 0.1) is 12.7 Å². The largest absolute Gasteiger partial charge is 0.467 e. The number of fused-ring (bicyclic) bond motifs is 4. The molecule has 2 aliphatic rings. The molecule has 3 heterocycles. The first-order chi connectivity index (χ1) is 17.6. The van der Waals surface area contributed by atoms with E-state index in [9.17, 15) is 4.79 Å². The van der Waals surface area contributed by atoms with Gasteiger partial charge in [0.2, 0.25) is 0 Å². The number of ether oxygens (including phenoxy) is 2. The molecule has 3 aromatic rings. The topological polar surface area (TPSA) is 53.4 Å². The van der Waals surface area contributed by atoms with Gasteiger partial charge in [-0.15, -0.1) is 0 Å². The third-order valence-electron chi connectivity index (χ3n) is 7.97. The number of esters is 1. The molecule has 5 rings (SSSR count). The van der Waals surface area contributed by atoms with E-state index in [0.29, 0.717) is 11.3 Å². The van der Waals surface area contributed by atoms with Crippen LogP contribution in [0.3, 0.4) is 0 Å². The van der Waals surface area contributed by atoms with Gasteiger partial charge in [0, 0.05) is 34.4 Å². The van der Waals surface area contributed by atoms with Crippen LogP contribution in [0.5, 0.6) is 0 Å². The fourth-order valence-electron chi connectivity index (χ4n) is 6.27. The maximum absolute atomic E-state index is 15.8. The fourth-order valence-corrected chi connectivity index (χ4v) is 6.27. The van der Waals surface area contributed by atoms with Crippen molar-refractivity contribution in [3.63, 3.8) is 0 Å². The van der Waals surface area contributed by atoms with E-state index in [1.807, 2.05) is 27.7 Å². The molecule has 2 aromatic heterocycles. The van der Waals surface area contributed by atoms with Crippen molar-refractivity contribution in [3.05, 3.63) is 51.6 Å². The van der Waals surface area contributed by atoms with Gasteiger partial charge in [-0.25, -0.2) is 14.2 Å². The Morgan fingerprint density at radius 2 is 1.73 bits per heavy atom. The minimum Gasteiger partial charge on any atom is -0.467 e. The van der Waals surface area contributed by atoms with E-state index in [-0.39, 0.29) is 5.82 Å². The highest BCUT2D eigenvalue weighted by Crippen LogP contribution is 2.44. The lowest BCUT2D eigenvalue weighted by molar-refractivity contribution is -0.164. The van der Waals surface area contributed by atoms with Gasteiger partial charge >= 0.3 is 5.97 Å². The predicted molar refractivity (Wildman–Crippen MR) is 144 cm³/mol. The number of nitrogens with zero attached hydrogens (tertiary/aromatic N) is 2. The summed E-state index contributed by atoms with van der Waals surface area (Å²) in [6.45, 7) is 10.7. The first-order valence-electron chi connectivity index (χ1n) is 13.7. The average molecular weight is 507 g/mol. The molecule has 0 bridgehead atoms. The van der Waals surface area contributed by atoms with Crippen LogP contribution in [0.2, 0.25) is 0 Å². The van der Waals surface area contributed by atoms with E-state index in [4.69, 9.17) is 14.5 Å². The number of hydrogen-bond acceptors (Lipinski definition) is 4. The van der Waals surface area contributed by atoms with Crippen molar-refractivity contribution in [2.75, 3.05) is 7.11 Å². The first kappa shape index (κ1) is 25.9. The Bertz CT molecular complexity index is 1370. The summed E-state index contributed by atoms with van der Waals surface area (Å²) in [5.74, 6) is -0.626. The Labute approximate surface area is 219 Å². The number of aromatic nitrogens is 2. The molecule has 198 valence electrons. The molecular formula is C31H39FN2O3. The monoisotopic (exact) mass is 506 g/mol. The molecule has 1 aliphatic carbocycles. The molecular weight excluding hydrogens is 467 g/mol. The smallest absolute Gasteiger partial charge is 0.339 e. The van der Waals surface area contributed by atoms with Crippen LogP contribution in [0.4, 0.5) is 4.39 Å². The van der Waals surface area contributed by atoms with Crippen molar-refractivity contribution in [2.24, 2.45) is 0 Å². The van der Waals surface area contributed by atoms with Gasteiger partial charge in [-0.05, 0) is 114 Å². The van der Waals surface area contributed by atoms with E-state index in [1.54, 1.807) is 6.07 Å². The fraction of sp³-hybridized carbons (Fsp3) is 0.548. The number of aryl methyl sites for hydroxylation is 3. The van der Waals surface area contributed by atoms with E-state index < -0.39 is 17.7 Å². The molecule has 0 fully saturated rings. The van der Waals surface area contributed by atoms with Gasteiger partial charge in [-0.2, -0.15) is 0 Å². The lowest BCUT2D eigenvalue weighted by Gasteiger charge is -2.29. The third kappa shape index (κ3) is 4.69. The van der Waals surface area contributed by atoms with Crippen molar-refractivity contribution in [1.29, 1.82) is 0 Å². The number of rotatable bonds is 4. The van der Waals surface area contributed by atoms with Crippen molar-refractivity contribution < 1.29 is 18.7 Å². The Balaban J connectivity index is 1.88. The Morgan fingerprint density at radius 1 is 1.03 bits per heavy atom. The number of methoxy groups -OCH3 is 1. The molecule has 1 aliphatic heterocycles. The number of benzene rings is 1. The molecule has 1 aromatic carbocycles. The summed E-state index contributed by atoms with van der Waals surface area (Å²) in [6.07, 6.45) is 7.10. The summed E-state index contributed by atoms with van der Waals surface area (Å²) in [5.41, 5.74) is 7.68. The van der Waals surface area contributed by atoms with Gasteiger partial charge < -0.3 is 14.0 Å². The highest BCUT2D eigenvalue weighted by molar-refractivity contribution is 5.99. The molecule has 37 heavy (non-hydrogen) atoms. The second-order valence-electron chi connectivity index (χ2n) is 11.6. The molecule has 0 saturated carbocycles.